The number of thiophene rings is 1. The van der Waals surface area contributed by atoms with Gasteiger partial charge in [0.05, 0.1) is 17.6 Å². The Hall–Kier alpha value is -3.07. The molecular weight excluding hydrogens is 499 g/mol. The zero-order valence-electron chi connectivity index (χ0n) is 18.9. The lowest BCUT2D eigenvalue weighted by atomic mass is 10.1. The van der Waals surface area contributed by atoms with Gasteiger partial charge in [0.1, 0.15) is 10.8 Å². The molecule has 0 fully saturated rings. The van der Waals surface area contributed by atoms with E-state index in [-0.39, 0.29) is 22.0 Å². The number of halogens is 2. The van der Waals surface area contributed by atoms with Crippen LogP contribution in [0.3, 0.4) is 0 Å². The van der Waals surface area contributed by atoms with E-state index in [1.807, 2.05) is 13.8 Å². The summed E-state index contributed by atoms with van der Waals surface area (Å²) < 4.78 is 10.4. The Bertz CT molecular complexity index is 1270. The lowest BCUT2D eigenvalue weighted by molar-refractivity contribution is -0.118. The fraction of sp³-hybridized carbons (Fsp3) is 0.208. The highest BCUT2D eigenvalue weighted by atomic mass is 35.5. The van der Waals surface area contributed by atoms with Crippen molar-refractivity contribution in [2.45, 2.75) is 20.8 Å². The van der Waals surface area contributed by atoms with Crippen molar-refractivity contribution in [2.24, 2.45) is 0 Å². The molecule has 2 N–H and O–H groups in total. The standard InChI is InChI=1S/C24H22Cl2N2O5S/c1-12-5-7-16(10-17(12)26)27-22(30)21-14(3)20(24(31)32-4)23(34-21)28-19(29)11-33-18-8-6-15(25)9-13(18)2/h5-10H,11H2,1-4H3,(H,27,30)(H,28,29). The minimum Gasteiger partial charge on any atom is -0.483 e. The van der Waals surface area contributed by atoms with Crippen molar-refractivity contribution in [2.75, 3.05) is 24.4 Å². The Labute approximate surface area is 211 Å². The maximum absolute atomic E-state index is 12.9. The summed E-state index contributed by atoms with van der Waals surface area (Å²) in [7, 11) is 1.23. The lowest BCUT2D eigenvalue weighted by Gasteiger charge is -2.10. The zero-order valence-corrected chi connectivity index (χ0v) is 21.2. The van der Waals surface area contributed by atoms with Crippen LogP contribution in [0.5, 0.6) is 5.75 Å². The molecule has 178 valence electrons. The van der Waals surface area contributed by atoms with Gasteiger partial charge in [0.25, 0.3) is 11.8 Å². The van der Waals surface area contributed by atoms with Gasteiger partial charge in [-0.05, 0) is 67.8 Å². The van der Waals surface area contributed by atoms with Crippen molar-refractivity contribution in [3.05, 3.63) is 73.6 Å². The minimum atomic E-state index is -0.670. The Morgan fingerprint density at radius 2 is 1.71 bits per heavy atom. The number of anilines is 2. The van der Waals surface area contributed by atoms with E-state index in [9.17, 15) is 14.4 Å². The first-order chi connectivity index (χ1) is 16.1. The summed E-state index contributed by atoms with van der Waals surface area (Å²) in [5.74, 6) is -1.11. The van der Waals surface area contributed by atoms with Crippen LogP contribution >= 0.6 is 34.5 Å². The minimum absolute atomic E-state index is 0.107. The molecule has 3 aromatic rings. The number of methoxy groups -OCH3 is 1. The molecule has 0 saturated carbocycles. The summed E-state index contributed by atoms with van der Waals surface area (Å²) in [4.78, 5) is 38.1. The van der Waals surface area contributed by atoms with Gasteiger partial charge in [-0.3, -0.25) is 9.59 Å². The molecule has 34 heavy (non-hydrogen) atoms. The number of nitrogens with one attached hydrogen (secondary N) is 2. The molecule has 3 rings (SSSR count). The van der Waals surface area contributed by atoms with E-state index in [4.69, 9.17) is 32.7 Å². The molecule has 1 heterocycles. The van der Waals surface area contributed by atoms with E-state index in [0.717, 1.165) is 22.5 Å². The fourth-order valence-electron chi connectivity index (χ4n) is 3.11. The van der Waals surface area contributed by atoms with Crippen LogP contribution in [0.4, 0.5) is 10.7 Å². The topological polar surface area (TPSA) is 93.7 Å². The maximum atomic E-state index is 12.9. The van der Waals surface area contributed by atoms with Crippen LogP contribution in [0.1, 0.15) is 36.7 Å². The van der Waals surface area contributed by atoms with Crippen LogP contribution in [-0.2, 0) is 9.53 Å². The monoisotopic (exact) mass is 520 g/mol. The molecular formula is C24H22Cl2N2O5S. The van der Waals surface area contributed by atoms with Crippen molar-refractivity contribution in [3.63, 3.8) is 0 Å². The molecule has 1 aromatic heterocycles. The van der Waals surface area contributed by atoms with Crippen LogP contribution in [0.25, 0.3) is 0 Å². The van der Waals surface area contributed by atoms with Crippen LogP contribution in [-0.4, -0.2) is 31.5 Å². The molecule has 0 saturated heterocycles. The number of hydrogen-bond donors (Lipinski definition) is 2. The van der Waals surface area contributed by atoms with E-state index >= 15 is 0 Å². The van der Waals surface area contributed by atoms with Crippen LogP contribution in [0.2, 0.25) is 10.0 Å². The summed E-state index contributed by atoms with van der Waals surface area (Å²) in [6, 6.07) is 10.2. The second kappa shape index (κ2) is 10.9. The van der Waals surface area contributed by atoms with E-state index in [1.165, 1.54) is 7.11 Å². The quantitative estimate of drug-likeness (QED) is 0.370. The molecule has 0 unspecified atom stereocenters. The summed E-state index contributed by atoms with van der Waals surface area (Å²) in [5.41, 5.74) is 2.65. The van der Waals surface area contributed by atoms with Gasteiger partial charge in [-0.2, -0.15) is 0 Å². The van der Waals surface area contributed by atoms with E-state index < -0.39 is 17.8 Å². The molecule has 0 spiro atoms. The van der Waals surface area contributed by atoms with Gasteiger partial charge >= 0.3 is 5.97 Å². The molecule has 0 aliphatic carbocycles. The Balaban J connectivity index is 1.80. The van der Waals surface area contributed by atoms with E-state index in [2.05, 4.69) is 10.6 Å². The number of rotatable bonds is 7. The Kier molecular flexibility index (Phi) is 8.19. The van der Waals surface area contributed by atoms with Gasteiger partial charge in [0.2, 0.25) is 0 Å². The van der Waals surface area contributed by atoms with Gasteiger partial charge in [-0.1, -0.05) is 29.3 Å². The number of carbonyl (C=O) groups excluding carboxylic acids is 3. The van der Waals surface area contributed by atoms with Gasteiger partial charge in [-0.15, -0.1) is 11.3 Å². The maximum Gasteiger partial charge on any atom is 0.341 e. The lowest BCUT2D eigenvalue weighted by Crippen LogP contribution is -2.21. The highest BCUT2D eigenvalue weighted by Gasteiger charge is 2.26. The second-order valence-electron chi connectivity index (χ2n) is 7.42. The first kappa shape index (κ1) is 25.6. The molecule has 0 aliphatic rings. The molecule has 0 atom stereocenters. The van der Waals surface area contributed by atoms with Crippen molar-refractivity contribution in [1.82, 2.24) is 0 Å². The summed E-state index contributed by atoms with van der Waals surface area (Å²) in [5, 5.41) is 6.68. The number of esters is 1. The first-order valence-corrected chi connectivity index (χ1v) is 11.7. The third-order valence-corrected chi connectivity index (χ3v) is 6.77. The predicted octanol–water partition coefficient (Wildman–Crippen LogP) is 6.04. The zero-order chi connectivity index (χ0) is 25.0. The average molecular weight is 521 g/mol. The van der Waals surface area contributed by atoms with Gasteiger partial charge in [0, 0.05) is 15.7 Å². The van der Waals surface area contributed by atoms with Crippen LogP contribution in [0, 0.1) is 20.8 Å². The fourth-order valence-corrected chi connectivity index (χ4v) is 4.62. The van der Waals surface area contributed by atoms with Crippen molar-refractivity contribution in [1.29, 1.82) is 0 Å². The molecule has 10 heteroatoms. The summed E-state index contributed by atoms with van der Waals surface area (Å²) in [6.07, 6.45) is 0. The third kappa shape index (κ3) is 5.88. The Morgan fingerprint density at radius 1 is 0.971 bits per heavy atom. The number of hydrogen-bond acceptors (Lipinski definition) is 6. The van der Waals surface area contributed by atoms with Crippen molar-refractivity contribution >= 4 is 63.0 Å². The molecule has 0 bridgehead atoms. The molecule has 0 radical (unpaired) electrons. The van der Waals surface area contributed by atoms with Crippen LogP contribution < -0.4 is 15.4 Å². The smallest absolute Gasteiger partial charge is 0.341 e. The summed E-state index contributed by atoms with van der Waals surface area (Å²) in [6.45, 7) is 4.97. The first-order valence-electron chi connectivity index (χ1n) is 10.1. The highest BCUT2D eigenvalue weighted by Crippen LogP contribution is 2.34. The van der Waals surface area contributed by atoms with Gasteiger partial charge < -0.3 is 20.1 Å². The number of amides is 2. The van der Waals surface area contributed by atoms with Crippen LogP contribution in [0.15, 0.2) is 36.4 Å². The highest BCUT2D eigenvalue weighted by molar-refractivity contribution is 7.19. The molecule has 7 nitrogen and oxygen atoms in total. The van der Waals surface area contributed by atoms with Gasteiger partial charge in [0.15, 0.2) is 6.61 Å². The predicted molar refractivity (Wildman–Crippen MR) is 135 cm³/mol. The third-order valence-electron chi connectivity index (χ3n) is 4.92. The SMILES string of the molecule is COC(=O)c1c(NC(=O)COc2ccc(Cl)cc2C)sc(C(=O)Nc2ccc(C)c(Cl)c2)c1C. The number of ether oxygens (including phenoxy) is 2. The molecule has 2 amide bonds. The summed E-state index contributed by atoms with van der Waals surface area (Å²) >= 11 is 13.0. The largest absolute Gasteiger partial charge is 0.483 e. The van der Waals surface area contributed by atoms with Gasteiger partial charge in [-0.25, -0.2) is 4.79 Å². The molecule has 0 aliphatic heterocycles. The number of carbonyl (C=O) groups is 3. The van der Waals surface area contributed by atoms with E-state index in [0.29, 0.717) is 27.0 Å². The normalized spacial score (nSPS) is 10.5. The number of aryl methyl sites for hydroxylation is 2. The number of benzene rings is 2. The van der Waals surface area contributed by atoms with E-state index in [1.54, 1.807) is 43.3 Å². The van der Waals surface area contributed by atoms with Crippen molar-refractivity contribution in [3.8, 4) is 5.75 Å². The van der Waals surface area contributed by atoms with Crippen molar-refractivity contribution < 1.29 is 23.9 Å². The Morgan fingerprint density at radius 3 is 2.35 bits per heavy atom. The second-order valence-corrected chi connectivity index (χ2v) is 9.28. The molecule has 2 aromatic carbocycles. The average Bonchev–Trinajstić information content (AvgIpc) is 3.10.